The van der Waals surface area contributed by atoms with Gasteiger partial charge in [-0.15, -0.1) is 45.3 Å². The predicted molar refractivity (Wildman–Crippen MR) is 124 cm³/mol. The summed E-state index contributed by atoms with van der Waals surface area (Å²) in [6, 6.07) is 18.5. The summed E-state index contributed by atoms with van der Waals surface area (Å²) in [7, 11) is 0. The van der Waals surface area contributed by atoms with Crippen molar-refractivity contribution in [3.05, 3.63) is 70.4 Å². The van der Waals surface area contributed by atoms with Gasteiger partial charge in [-0.2, -0.15) is 0 Å². The lowest BCUT2D eigenvalue weighted by atomic mass is 9.98. The smallest absolute Gasteiger partial charge is 0.0492 e. The fraction of sp³-hybridized carbons (Fsp3) is 0.0435. The summed E-state index contributed by atoms with van der Waals surface area (Å²) in [6.45, 7) is 0. The third-order valence-corrected chi connectivity index (χ3v) is 10.0. The molecule has 0 spiro atoms. The molecule has 0 atom stereocenters. The van der Waals surface area contributed by atoms with E-state index in [4.69, 9.17) is 0 Å². The SMILES string of the molecule is c1cc2sc(-c3ccc4c5c(ccc4c3)-c3sc4ccsc4c3C5)cc2s1. The highest BCUT2D eigenvalue weighted by atomic mass is 32.1. The van der Waals surface area contributed by atoms with Crippen LogP contribution in [-0.4, -0.2) is 0 Å². The molecular weight excluding hydrogens is 405 g/mol. The molecule has 0 bridgehead atoms. The largest absolute Gasteiger partial charge is 0.143 e. The third-order valence-electron chi connectivity index (χ3n) is 5.54. The minimum atomic E-state index is 1.08. The van der Waals surface area contributed by atoms with Crippen molar-refractivity contribution in [2.45, 2.75) is 6.42 Å². The normalized spacial score (nSPS) is 13.0. The molecule has 0 amide bonds. The van der Waals surface area contributed by atoms with Gasteiger partial charge in [-0.3, -0.25) is 0 Å². The monoisotopic (exact) mass is 416 g/mol. The Morgan fingerprint density at radius 1 is 0.704 bits per heavy atom. The first kappa shape index (κ1) is 15.0. The van der Waals surface area contributed by atoms with Gasteiger partial charge in [0.15, 0.2) is 0 Å². The zero-order chi connectivity index (χ0) is 17.5. The zero-order valence-electron chi connectivity index (χ0n) is 14.1. The molecule has 7 rings (SSSR count). The summed E-state index contributed by atoms with van der Waals surface area (Å²) < 4.78 is 5.74. The average Bonchev–Trinajstić information content (AvgIpc) is 3.44. The highest BCUT2D eigenvalue weighted by Crippen LogP contribution is 2.50. The molecule has 1 aliphatic carbocycles. The molecule has 0 nitrogen and oxygen atoms in total. The van der Waals surface area contributed by atoms with Crippen molar-refractivity contribution in [2.24, 2.45) is 0 Å². The number of rotatable bonds is 1. The lowest BCUT2D eigenvalue weighted by Gasteiger charge is -2.07. The Morgan fingerprint density at radius 2 is 1.63 bits per heavy atom. The van der Waals surface area contributed by atoms with Gasteiger partial charge in [0.25, 0.3) is 0 Å². The van der Waals surface area contributed by atoms with Gasteiger partial charge in [0, 0.05) is 35.0 Å². The predicted octanol–water partition coefficient (Wildman–Crippen LogP) is 8.63. The number of benzene rings is 2. The Labute approximate surface area is 172 Å². The van der Waals surface area contributed by atoms with Gasteiger partial charge in [-0.25, -0.2) is 0 Å². The van der Waals surface area contributed by atoms with Crippen molar-refractivity contribution in [1.29, 1.82) is 0 Å². The van der Waals surface area contributed by atoms with Crippen LogP contribution < -0.4 is 0 Å². The van der Waals surface area contributed by atoms with E-state index >= 15 is 0 Å². The quantitative estimate of drug-likeness (QED) is 0.251. The maximum Gasteiger partial charge on any atom is 0.0492 e. The van der Waals surface area contributed by atoms with Crippen LogP contribution in [0.25, 0.3) is 50.5 Å². The van der Waals surface area contributed by atoms with E-state index in [0.29, 0.717) is 0 Å². The van der Waals surface area contributed by atoms with Crippen LogP contribution in [0.3, 0.4) is 0 Å². The first-order valence-corrected chi connectivity index (χ1v) is 12.3. The van der Waals surface area contributed by atoms with Gasteiger partial charge in [-0.1, -0.05) is 24.3 Å². The van der Waals surface area contributed by atoms with Crippen LogP contribution in [0.4, 0.5) is 0 Å². The molecule has 0 N–H and O–H groups in total. The van der Waals surface area contributed by atoms with Gasteiger partial charge < -0.3 is 0 Å². The van der Waals surface area contributed by atoms with Gasteiger partial charge in [0.05, 0.1) is 0 Å². The van der Waals surface area contributed by atoms with Crippen molar-refractivity contribution in [3.63, 3.8) is 0 Å². The molecule has 2 aromatic carbocycles. The number of thiophene rings is 4. The van der Waals surface area contributed by atoms with E-state index in [1.807, 2.05) is 45.3 Å². The molecule has 4 heteroatoms. The molecule has 0 aliphatic heterocycles. The summed E-state index contributed by atoms with van der Waals surface area (Å²) in [5.41, 5.74) is 5.86. The molecule has 4 heterocycles. The van der Waals surface area contributed by atoms with Crippen LogP contribution in [0.15, 0.2) is 59.3 Å². The fourth-order valence-electron chi connectivity index (χ4n) is 4.29. The second kappa shape index (κ2) is 5.30. The molecule has 0 saturated carbocycles. The molecule has 1 aliphatic rings. The van der Waals surface area contributed by atoms with Crippen molar-refractivity contribution < 1.29 is 0 Å². The summed E-state index contributed by atoms with van der Waals surface area (Å²) in [5.74, 6) is 0. The lowest BCUT2D eigenvalue weighted by Crippen LogP contribution is -1.85. The minimum Gasteiger partial charge on any atom is -0.143 e. The minimum absolute atomic E-state index is 1.08. The zero-order valence-corrected chi connectivity index (χ0v) is 17.4. The fourth-order valence-corrected chi connectivity index (χ4v) is 8.82. The van der Waals surface area contributed by atoms with Gasteiger partial charge in [0.1, 0.15) is 0 Å². The van der Waals surface area contributed by atoms with Gasteiger partial charge >= 0.3 is 0 Å². The highest BCUT2D eigenvalue weighted by Gasteiger charge is 2.25. The van der Waals surface area contributed by atoms with Crippen molar-refractivity contribution in [2.75, 3.05) is 0 Å². The average molecular weight is 417 g/mol. The van der Waals surface area contributed by atoms with E-state index in [2.05, 4.69) is 59.3 Å². The Balaban J connectivity index is 1.41. The van der Waals surface area contributed by atoms with Gasteiger partial charge in [0.2, 0.25) is 0 Å². The lowest BCUT2D eigenvalue weighted by molar-refractivity contribution is 1.32. The Bertz CT molecular complexity index is 1470. The number of hydrogen-bond acceptors (Lipinski definition) is 4. The van der Waals surface area contributed by atoms with E-state index in [0.717, 1.165) is 6.42 Å². The summed E-state index contributed by atoms with van der Waals surface area (Å²) in [5, 5.41) is 7.18. The van der Waals surface area contributed by atoms with Crippen LogP contribution >= 0.6 is 45.3 Å². The number of fused-ring (bicyclic) bond motifs is 8. The van der Waals surface area contributed by atoms with Crippen molar-refractivity contribution in [3.8, 4) is 20.9 Å². The second-order valence-electron chi connectivity index (χ2n) is 6.99. The van der Waals surface area contributed by atoms with Crippen molar-refractivity contribution >= 4 is 74.9 Å². The first-order chi connectivity index (χ1) is 13.3. The van der Waals surface area contributed by atoms with E-state index in [1.54, 1.807) is 5.56 Å². The van der Waals surface area contributed by atoms with E-state index in [9.17, 15) is 0 Å². The second-order valence-corrected chi connectivity index (χ2v) is 11.0. The number of hydrogen-bond donors (Lipinski definition) is 0. The summed E-state index contributed by atoms with van der Waals surface area (Å²) >= 11 is 7.58. The van der Waals surface area contributed by atoms with Crippen LogP contribution in [0.2, 0.25) is 0 Å². The summed E-state index contributed by atoms with van der Waals surface area (Å²) in [4.78, 5) is 2.87. The molecule has 4 aromatic heterocycles. The van der Waals surface area contributed by atoms with Crippen LogP contribution in [0.5, 0.6) is 0 Å². The topological polar surface area (TPSA) is 0 Å². The van der Waals surface area contributed by atoms with E-state index < -0.39 is 0 Å². The molecular formula is C23H12S4. The third kappa shape index (κ3) is 2.02. The highest BCUT2D eigenvalue weighted by molar-refractivity contribution is 7.29. The van der Waals surface area contributed by atoms with Crippen LogP contribution in [0.1, 0.15) is 11.1 Å². The molecule has 128 valence electrons. The molecule has 6 aromatic rings. The molecule has 27 heavy (non-hydrogen) atoms. The van der Waals surface area contributed by atoms with Crippen molar-refractivity contribution in [1.82, 2.24) is 0 Å². The molecule has 0 saturated heterocycles. The Kier molecular flexibility index (Phi) is 2.94. The maximum atomic E-state index is 2.37. The van der Waals surface area contributed by atoms with Gasteiger partial charge in [-0.05, 0) is 68.1 Å². The van der Waals surface area contributed by atoms with E-state index in [-0.39, 0.29) is 0 Å². The van der Waals surface area contributed by atoms with Crippen LogP contribution in [0, 0.1) is 0 Å². The standard InChI is InChI=1S/C23H12S4/c1-4-15-16(10-17-22(15)27-19-6-8-25-23(17)19)14-3-2-13(9-12(1)14)20-11-21-18(26-20)5-7-24-21/h1-9,11H,10H2. The maximum absolute atomic E-state index is 2.37. The molecule has 0 unspecified atom stereocenters. The first-order valence-electron chi connectivity index (χ1n) is 8.87. The van der Waals surface area contributed by atoms with E-state index in [1.165, 1.54) is 56.0 Å². The molecule has 0 fully saturated rings. The Morgan fingerprint density at radius 3 is 2.59 bits per heavy atom. The Hall–Kier alpha value is -1.98. The molecule has 0 radical (unpaired) electrons. The van der Waals surface area contributed by atoms with Crippen LogP contribution in [-0.2, 0) is 6.42 Å². The summed E-state index contributed by atoms with van der Waals surface area (Å²) in [6.07, 6.45) is 1.08.